The van der Waals surface area contributed by atoms with Gasteiger partial charge in [-0.05, 0) is 52.9 Å². The maximum Gasteiger partial charge on any atom is 0.267 e. The molecule has 1 aliphatic rings. The third-order valence-electron chi connectivity index (χ3n) is 3.47. The lowest BCUT2D eigenvalue weighted by molar-refractivity contribution is -0.122. The van der Waals surface area contributed by atoms with Crippen LogP contribution in [0, 0.1) is 0 Å². The molecule has 1 fully saturated rings. The van der Waals surface area contributed by atoms with Gasteiger partial charge in [0.1, 0.15) is 5.76 Å². The molecule has 0 N–H and O–H groups in total. The Morgan fingerprint density at radius 2 is 1.88 bits per heavy atom. The normalized spacial score (nSPS) is 18.0. The van der Waals surface area contributed by atoms with Crippen molar-refractivity contribution < 1.29 is 9.21 Å². The van der Waals surface area contributed by atoms with E-state index in [0.717, 1.165) is 9.75 Å². The Morgan fingerprint density at radius 1 is 1.08 bits per heavy atom. The Kier molecular flexibility index (Phi) is 5.14. The van der Waals surface area contributed by atoms with E-state index >= 15 is 0 Å². The number of carbonyl (C=O) groups is 1. The lowest BCUT2D eigenvalue weighted by Gasteiger charge is -2.12. The molecule has 8 heteroatoms. The molecule has 0 radical (unpaired) electrons. The summed E-state index contributed by atoms with van der Waals surface area (Å²) in [6.45, 7) is 0.327. The summed E-state index contributed by atoms with van der Waals surface area (Å²) in [5.41, 5.74) is 0. The molecule has 130 valence electrons. The number of nitrogens with zero attached hydrogens (tertiary/aromatic N) is 3. The minimum Gasteiger partial charge on any atom is -0.467 e. The molecule has 1 saturated heterocycles. The summed E-state index contributed by atoms with van der Waals surface area (Å²) in [4.78, 5) is 17.1. The summed E-state index contributed by atoms with van der Waals surface area (Å²) in [6.07, 6.45) is 5.17. The van der Waals surface area contributed by atoms with Crippen LogP contribution in [0.3, 0.4) is 0 Å². The van der Waals surface area contributed by atoms with E-state index in [1.807, 2.05) is 47.2 Å². The molecule has 0 atom stereocenters. The summed E-state index contributed by atoms with van der Waals surface area (Å²) < 4.78 is 5.38. The molecule has 1 amide bonds. The first-order valence-corrected chi connectivity index (χ1v) is 10.3. The molecule has 0 aromatic carbocycles. The number of thioether (sulfide) groups is 1. The molecular weight excluding hydrogens is 386 g/mol. The average molecular weight is 400 g/mol. The van der Waals surface area contributed by atoms with Crippen molar-refractivity contribution in [2.75, 3.05) is 0 Å². The smallest absolute Gasteiger partial charge is 0.267 e. The van der Waals surface area contributed by atoms with E-state index in [1.165, 1.54) is 11.8 Å². The first-order valence-electron chi connectivity index (χ1n) is 7.71. The van der Waals surface area contributed by atoms with Crippen LogP contribution in [-0.2, 0) is 11.3 Å². The monoisotopic (exact) mass is 399 g/mol. The first-order chi connectivity index (χ1) is 12.8. The second kappa shape index (κ2) is 7.86. The third-order valence-corrected chi connectivity index (χ3v) is 6.09. The highest BCUT2D eigenvalue weighted by atomic mass is 32.2. The molecular formula is C18H13N3O2S3. The van der Waals surface area contributed by atoms with Crippen LogP contribution in [0.15, 0.2) is 72.9 Å². The highest BCUT2D eigenvalue weighted by molar-refractivity contribution is 8.18. The Balaban J connectivity index is 1.61. The van der Waals surface area contributed by atoms with Crippen LogP contribution < -0.4 is 0 Å². The number of furan rings is 1. The Bertz CT molecular complexity index is 956. The minimum absolute atomic E-state index is 0.0927. The topological polar surface area (TPSA) is 58.2 Å². The van der Waals surface area contributed by atoms with Gasteiger partial charge in [0.15, 0.2) is 5.17 Å². The van der Waals surface area contributed by atoms with E-state index in [4.69, 9.17) is 4.42 Å². The van der Waals surface area contributed by atoms with Crippen LogP contribution in [0.1, 0.15) is 15.5 Å². The van der Waals surface area contributed by atoms with Gasteiger partial charge in [-0.1, -0.05) is 12.1 Å². The van der Waals surface area contributed by atoms with Gasteiger partial charge in [-0.15, -0.1) is 27.8 Å². The quantitative estimate of drug-likeness (QED) is 0.348. The van der Waals surface area contributed by atoms with E-state index in [9.17, 15) is 4.79 Å². The van der Waals surface area contributed by atoms with Crippen molar-refractivity contribution >= 4 is 57.8 Å². The number of rotatable bonds is 5. The largest absolute Gasteiger partial charge is 0.467 e. The Labute approximate surface area is 162 Å². The predicted octanol–water partition coefficient (Wildman–Crippen LogP) is 4.91. The average Bonchev–Trinajstić information content (AvgIpc) is 3.42. The zero-order valence-corrected chi connectivity index (χ0v) is 15.9. The van der Waals surface area contributed by atoms with Crippen molar-refractivity contribution in [2.45, 2.75) is 6.54 Å². The van der Waals surface area contributed by atoms with Crippen LogP contribution in [0.5, 0.6) is 0 Å². The predicted molar refractivity (Wildman–Crippen MR) is 108 cm³/mol. The van der Waals surface area contributed by atoms with Crippen LogP contribution in [0.25, 0.3) is 6.08 Å². The van der Waals surface area contributed by atoms with Crippen molar-refractivity contribution in [1.82, 2.24) is 4.90 Å². The molecule has 0 unspecified atom stereocenters. The van der Waals surface area contributed by atoms with Gasteiger partial charge in [-0.3, -0.25) is 9.69 Å². The molecule has 4 heterocycles. The van der Waals surface area contributed by atoms with Crippen molar-refractivity contribution in [3.63, 3.8) is 0 Å². The number of hydrogen-bond acceptors (Lipinski definition) is 7. The highest BCUT2D eigenvalue weighted by Gasteiger charge is 2.34. The summed E-state index contributed by atoms with van der Waals surface area (Å²) in [5, 5.41) is 12.9. The Hall–Kier alpha value is -2.42. The molecule has 26 heavy (non-hydrogen) atoms. The van der Waals surface area contributed by atoms with Gasteiger partial charge in [0.05, 0.1) is 23.9 Å². The number of hydrogen-bond donors (Lipinski definition) is 0. The van der Waals surface area contributed by atoms with Crippen molar-refractivity contribution in [2.24, 2.45) is 10.2 Å². The van der Waals surface area contributed by atoms with Crippen LogP contribution >= 0.6 is 34.4 Å². The van der Waals surface area contributed by atoms with Crippen molar-refractivity contribution in [1.29, 1.82) is 0 Å². The van der Waals surface area contributed by atoms with E-state index in [1.54, 1.807) is 46.1 Å². The second-order valence-corrected chi connectivity index (χ2v) is 8.21. The Morgan fingerprint density at radius 3 is 2.58 bits per heavy atom. The van der Waals surface area contributed by atoms with Crippen LogP contribution in [0.4, 0.5) is 0 Å². The van der Waals surface area contributed by atoms with Gasteiger partial charge in [-0.25, -0.2) is 0 Å². The standard InChI is InChI=1S/C18H13N3O2S3/c22-17-16(10-14-5-2-8-24-14)26-18(20-19-11-15-6-3-9-25-15)21(17)12-13-4-1-7-23-13/h1-11H,12H2/b16-10-,19-11+,20-18+. The number of amidine groups is 1. The van der Waals surface area contributed by atoms with Gasteiger partial charge in [0.25, 0.3) is 5.91 Å². The number of carbonyl (C=O) groups excluding carboxylic acids is 1. The highest BCUT2D eigenvalue weighted by Crippen LogP contribution is 2.34. The summed E-state index contributed by atoms with van der Waals surface area (Å²) in [5.74, 6) is 0.608. The van der Waals surface area contributed by atoms with E-state index in [0.29, 0.717) is 22.4 Å². The maximum atomic E-state index is 12.8. The SMILES string of the molecule is O=C1/C(=C/c2cccs2)S/C(=N/N=C/c2cccs2)N1Cc1ccco1. The van der Waals surface area contributed by atoms with Gasteiger partial charge in [0, 0.05) is 9.75 Å². The van der Waals surface area contributed by atoms with Gasteiger partial charge in [-0.2, -0.15) is 5.10 Å². The zero-order chi connectivity index (χ0) is 17.8. The lowest BCUT2D eigenvalue weighted by Crippen LogP contribution is -2.28. The van der Waals surface area contributed by atoms with E-state index in [2.05, 4.69) is 10.2 Å². The van der Waals surface area contributed by atoms with E-state index in [-0.39, 0.29) is 5.91 Å². The summed E-state index contributed by atoms with van der Waals surface area (Å²) in [7, 11) is 0. The fraction of sp³-hybridized carbons (Fsp3) is 0.0556. The molecule has 4 rings (SSSR count). The van der Waals surface area contributed by atoms with Crippen molar-refractivity contribution in [3.05, 3.63) is 73.8 Å². The third kappa shape index (κ3) is 3.87. The van der Waals surface area contributed by atoms with Gasteiger partial charge < -0.3 is 4.42 Å². The molecule has 5 nitrogen and oxygen atoms in total. The van der Waals surface area contributed by atoms with Gasteiger partial charge >= 0.3 is 0 Å². The molecule has 0 spiro atoms. The van der Waals surface area contributed by atoms with Crippen LogP contribution in [-0.4, -0.2) is 22.2 Å². The van der Waals surface area contributed by atoms with Crippen LogP contribution in [0.2, 0.25) is 0 Å². The molecule has 0 aliphatic carbocycles. The molecule has 0 saturated carbocycles. The number of thiophene rings is 2. The minimum atomic E-state index is -0.0927. The summed E-state index contributed by atoms with van der Waals surface area (Å²) in [6, 6.07) is 11.5. The molecule has 3 aromatic heterocycles. The zero-order valence-electron chi connectivity index (χ0n) is 13.4. The molecule has 1 aliphatic heterocycles. The molecule has 3 aromatic rings. The first kappa shape index (κ1) is 17.0. The number of amides is 1. The fourth-order valence-electron chi connectivity index (χ4n) is 2.28. The molecule has 0 bridgehead atoms. The van der Waals surface area contributed by atoms with Crippen molar-refractivity contribution in [3.8, 4) is 0 Å². The lowest BCUT2D eigenvalue weighted by atomic mass is 10.3. The van der Waals surface area contributed by atoms with E-state index < -0.39 is 0 Å². The van der Waals surface area contributed by atoms with Gasteiger partial charge in [0.2, 0.25) is 0 Å². The summed E-state index contributed by atoms with van der Waals surface area (Å²) >= 11 is 4.50. The second-order valence-electron chi connectivity index (χ2n) is 5.24. The maximum absolute atomic E-state index is 12.8. The fourth-order valence-corrected chi connectivity index (χ4v) is 4.52.